The van der Waals surface area contributed by atoms with Gasteiger partial charge in [-0.25, -0.2) is 4.68 Å². The summed E-state index contributed by atoms with van der Waals surface area (Å²) in [6.45, 7) is 1.96. The number of aryl methyl sites for hydroxylation is 1. The summed E-state index contributed by atoms with van der Waals surface area (Å²) in [6.07, 6.45) is -0.594. The molecule has 0 spiro atoms. The Morgan fingerprint density at radius 2 is 2.18 bits per heavy atom. The van der Waals surface area contributed by atoms with Gasteiger partial charge >= 0.3 is 6.18 Å². The molecule has 7 heteroatoms. The van der Waals surface area contributed by atoms with Crippen LogP contribution in [-0.4, -0.2) is 22.7 Å². The Balaban J connectivity index is 2.21. The number of hydrogen-bond donors (Lipinski definition) is 0. The number of fused-ring (bicyclic) bond motifs is 1. The fourth-order valence-electron chi connectivity index (χ4n) is 2.99. The Morgan fingerprint density at radius 3 is 2.77 bits per heavy atom. The smallest absolute Gasteiger partial charge is 0.356 e. The largest absolute Gasteiger partial charge is 0.417 e. The number of halogens is 3. The number of benzene rings is 1. The molecule has 1 fully saturated rings. The highest BCUT2D eigenvalue weighted by Gasteiger charge is 2.37. The highest BCUT2D eigenvalue weighted by Crippen LogP contribution is 2.38. The van der Waals surface area contributed by atoms with Crippen LogP contribution in [-0.2, 0) is 10.9 Å². The van der Waals surface area contributed by atoms with Crippen LogP contribution in [0.3, 0.4) is 0 Å². The minimum Gasteiger partial charge on any atom is -0.356 e. The number of alkyl halides is 3. The summed E-state index contributed by atoms with van der Waals surface area (Å²) < 4.78 is 46.7. The zero-order valence-electron chi connectivity index (χ0n) is 12.0. The quantitative estimate of drug-likeness (QED) is 0.791. The number of carbonyl (C=O) groups excluding carboxylic acids is 1. The van der Waals surface area contributed by atoms with Crippen LogP contribution in [0.15, 0.2) is 12.3 Å². The second-order valence-electron chi connectivity index (χ2n) is 5.44. The van der Waals surface area contributed by atoms with Crippen molar-refractivity contribution in [2.45, 2.75) is 38.6 Å². The zero-order chi connectivity index (χ0) is 15.9. The van der Waals surface area contributed by atoms with E-state index < -0.39 is 11.7 Å². The molecular formula is C15H15F3N2O2. The predicted molar refractivity (Wildman–Crippen MR) is 73.7 cm³/mol. The van der Waals surface area contributed by atoms with E-state index in [9.17, 15) is 18.0 Å². The van der Waals surface area contributed by atoms with Crippen LogP contribution in [0.5, 0.6) is 0 Å². The van der Waals surface area contributed by atoms with Crippen LogP contribution in [0.2, 0.25) is 0 Å². The zero-order valence-corrected chi connectivity index (χ0v) is 12.0. The lowest BCUT2D eigenvalue weighted by Crippen LogP contribution is -2.19. The van der Waals surface area contributed by atoms with Gasteiger partial charge in [-0.15, -0.1) is 0 Å². The Morgan fingerprint density at radius 1 is 1.41 bits per heavy atom. The molecule has 2 heterocycles. The molecule has 1 aliphatic heterocycles. The third-order valence-corrected chi connectivity index (χ3v) is 3.97. The van der Waals surface area contributed by atoms with Crippen molar-refractivity contribution < 1.29 is 22.7 Å². The van der Waals surface area contributed by atoms with Gasteiger partial charge in [0.25, 0.3) is 0 Å². The van der Waals surface area contributed by atoms with Crippen molar-refractivity contribution >= 4 is 17.2 Å². The van der Waals surface area contributed by atoms with Crippen molar-refractivity contribution in [3.05, 3.63) is 29.0 Å². The number of hydrogen-bond acceptors (Lipinski definition) is 3. The van der Waals surface area contributed by atoms with E-state index in [0.717, 1.165) is 19.3 Å². The molecule has 1 aromatic carbocycles. The van der Waals surface area contributed by atoms with Crippen molar-refractivity contribution in [2.24, 2.45) is 0 Å². The molecule has 22 heavy (non-hydrogen) atoms. The second kappa shape index (κ2) is 5.39. The highest BCUT2D eigenvalue weighted by atomic mass is 19.4. The highest BCUT2D eigenvalue weighted by molar-refractivity contribution is 5.99. The van der Waals surface area contributed by atoms with E-state index in [4.69, 9.17) is 4.74 Å². The van der Waals surface area contributed by atoms with E-state index in [-0.39, 0.29) is 29.0 Å². The molecule has 0 N–H and O–H groups in total. The maximum atomic E-state index is 13.2. The van der Waals surface area contributed by atoms with Gasteiger partial charge < -0.3 is 4.74 Å². The van der Waals surface area contributed by atoms with Gasteiger partial charge in [-0.1, -0.05) is 0 Å². The van der Waals surface area contributed by atoms with Gasteiger partial charge in [0.05, 0.1) is 17.3 Å². The number of carbonyl (C=O) groups is 1. The molecule has 1 unspecified atom stereocenters. The molecule has 4 nitrogen and oxygen atoms in total. The Labute approximate surface area is 124 Å². The van der Waals surface area contributed by atoms with Crippen LogP contribution >= 0.6 is 0 Å². The first-order valence-electron chi connectivity index (χ1n) is 7.08. The van der Waals surface area contributed by atoms with Gasteiger partial charge in [-0.3, -0.25) is 4.79 Å². The summed E-state index contributed by atoms with van der Waals surface area (Å²) in [5.74, 6) is 0. The fraction of sp³-hybridized carbons (Fsp3) is 0.467. The third kappa shape index (κ3) is 2.39. The van der Waals surface area contributed by atoms with Crippen molar-refractivity contribution in [2.75, 3.05) is 6.61 Å². The summed E-state index contributed by atoms with van der Waals surface area (Å²) in [5, 5.41) is 4.37. The molecule has 1 aliphatic rings. The standard InChI is InChI=1S/C15H15F3N2O2/c1-9-6-12-10(11(8-21)14(9)15(16,17)18)7-19-20(12)13-4-2-3-5-22-13/h6-8,13H,2-5H2,1H3. The van der Waals surface area contributed by atoms with Gasteiger partial charge in [0, 0.05) is 17.6 Å². The molecule has 1 atom stereocenters. The molecule has 0 saturated carbocycles. The molecule has 1 aromatic heterocycles. The number of aldehydes is 1. The summed E-state index contributed by atoms with van der Waals surface area (Å²) >= 11 is 0. The minimum absolute atomic E-state index is 0.0136. The van der Waals surface area contributed by atoms with Crippen molar-refractivity contribution in [1.29, 1.82) is 0 Å². The summed E-state index contributed by atoms with van der Waals surface area (Å²) in [4.78, 5) is 11.3. The number of nitrogens with zero attached hydrogens (tertiary/aromatic N) is 2. The van der Waals surface area contributed by atoms with Crippen molar-refractivity contribution in [1.82, 2.24) is 9.78 Å². The second-order valence-corrected chi connectivity index (χ2v) is 5.44. The maximum absolute atomic E-state index is 13.2. The van der Waals surface area contributed by atoms with Gasteiger partial charge in [0.2, 0.25) is 0 Å². The van der Waals surface area contributed by atoms with Crippen LogP contribution in [0.25, 0.3) is 10.9 Å². The molecule has 0 aliphatic carbocycles. The predicted octanol–water partition coefficient (Wildman–Crippen LogP) is 3.88. The van der Waals surface area contributed by atoms with Crippen LogP contribution in [0.1, 0.15) is 47.0 Å². The molecule has 2 aromatic rings. The normalized spacial score (nSPS) is 19.5. The topological polar surface area (TPSA) is 44.1 Å². The van der Waals surface area contributed by atoms with Crippen molar-refractivity contribution in [3.63, 3.8) is 0 Å². The molecule has 3 rings (SSSR count). The first kappa shape index (κ1) is 15.0. The van der Waals surface area contributed by atoms with Crippen LogP contribution < -0.4 is 0 Å². The van der Waals surface area contributed by atoms with Gasteiger partial charge in [-0.2, -0.15) is 18.3 Å². The molecule has 118 valence electrons. The van der Waals surface area contributed by atoms with E-state index in [0.29, 0.717) is 12.1 Å². The van der Waals surface area contributed by atoms with Crippen molar-refractivity contribution in [3.8, 4) is 0 Å². The number of rotatable bonds is 2. The van der Waals surface area contributed by atoms with Crippen LogP contribution in [0.4, 0.5) is 13.2 Å². The molecule has 0 radical (unpaired) electrons. The van der Waals surface area contributed by atoms with E-state index in [1.165, 1.54) is 19.2 Å². The van der Waals surface area contributed by atoms with E-state index in [1.54, 1.807) is 4.68 Å². The molecule has 1 saturated heterocycles. The maximum Gasteiger partial charge on any atom is 0.417 e. The van der Waals surface area contributed by atoms with Gasteiger partial charge in [0.1, 0.15) is 0 Å². The van der Waals surface area contributed by atoms with E-state index >= 15 is 0 Å². The average Bonchev–Trinajstić information content (AvgIpc) is 2.88. The first-order chi connectivity index (χ1) is 10.4. The fourth-order valence-corrected chi connectivity index (χ4v) is 2.99. The summed E-state index contributed by atoms with van der Waals surface area (Å²) in [7, 11) is 0. The Kier molecular flexibility index (Phi) is 3.68. The first-order valence-corrected chi connectivity index (χ1v) is 7.08. The van der Waals surface area contributed by atoms with Gasteiger partial charge in [-0.05, 0) is 37.8 Å². The number of aromatic nitrogens is 2. The SMILES string of the molecule is Cc1cc2c(cnn2C2CCCCO2)c(C=O)c1C(F)(F)F. The summed E-state index contributed by atoms with van der Waals surface area (Å²) in [5.41, 5.74) is -0.733. The Hall–Kier alpha value is -1.89. The summed E-state index contributed by atoms with van der Waals surface area (Å²) in [6, 6.07) is 1.43. The Bertz CT molecular complexity index is 716. The average molecular weight is 312 g/mol. The van der Waals surface area contributed by atoms with E-state index in [2.05, 4.69) is 5.10 Å². The van der Waals surface area contributed by atoms with Crippen LogP contribution in [0, 0.1) is 6.92 Å². The lowest BCUT2D eigenvalue weighted by molar-refractivity contribution is -0.138. The monoisotopic (exact) mass is 312 g/mol. The molecule has 0 amide bonds. The third-order valence-electron chi connectivity index (χ3n) is 3.97. The minimum atomic E-state index is -4.57. The molecular weight excluding hydrogens is 297 g/mol. The number of ether oxygens (including phenoxy) is 1. The lowest BCUT2D eigenvalue weighted by atomic mass is 9.98. The lowest BCUT2D eigenvalue weighted by Gasteiger charge is -2.24. The van der Waals surface area contributed by atoms with Gasteiger partial charge in [0.15, 0.2) is 12.5 Å². The molecule has 0 bridgehead atoms. The van der Waals surface area contributed by atoms with E-state index in [1.807, 2.05) is 0 Å².